The average molecular weight is 416 g/mol. The zero-order chi connectivity index (χ0) is 21.0. The minimum Gasteiger partial charge on any atom is -0.477 e. The molecule has 152 valence electrons. The normalized spacial score (nSPS) is 21.6. The molecule has 3 rings (SSSR count). The second-order valence-electron chi connectivity index (χ2n) is 6.64. The second-order valence-corrected chi connectivity index (χ2v) is 7.64. The predicted molar refractivity (Wildman–Crippen MR) is 105 cm³/mol. The van der Waals surface area contributed by atoms with Gasteiger partial charge in [-0.3, -0.25) is 14.4 Å². The molecule has 29 heavy (non-hydrogen) atoms. The molecule has 0 unspecified atom stereocenters. The van der Waals surface area contributed by atoms with Crippen molar-refractivity contribution in [3.05, 3.63) is 58.0 Å². The van der Waals surface area contributed by atoms with Crippen molar-refractivity contribution in [2.75, 3.05) is 0 Å². The number of β-lactam (4-membered cyclic amide) rings is 1. The van der Waals surface area contributed by atoms with E-state index in [1.165, 1.54) is 16.4 Å². The lowest BCUT2D eigenvalue weighted by Gasteiger charge is -2.45. The summed E-state index contributed by atoms with van der Waals surface area (Å²) in [5, 5.41) is 13.8. The van der Waals surface area contributed by atoms with Gasteiger partial charge in [0.15, 0.2) is 0 Å². The van der Waals surface area contributed by atoms with E-state index in [1.54, 1.807) is 6.92 Å². The highest BCUT2D eigenvalue weighted by molar-refractivity contribution is 8.05. The average Bonchev–Trinajstić information content (AvgIpc) is 3.02. The van der Waals surface area contributed by atoms with E-state index in [2.05, 4.69) is 5.32 Å². The topological polar surface area (TPSA) is 113 Å². The molecule has 2 aliphatic rings. The van der Waals surface area contributed by atoms with Crippen molar-refractivity contribution in [3.63, 3.8) is 0 Å². The number of hydrogen-bond acceptors (Lipinski definition) is 6. The van der Waals surface area contributed by atoms with Crippen LogP contribution >= 0.6 is 11.8 Å². The fourth-order valence-corrected chi connectivity index (χ4v) is 4.44. The number of carbonyl (C=O) groups is 4. The first-order valence-electron chi connectivity index (χ1n) is 8.97. The van der Waals surface area contributed by atoms with Crippen LogP contribution in [0.2, 0.25) is 0 Å². The van der Waals surface area contributed by atoms with Gasteiger partial charge in [-0.25, -0.2) is 4.79 Å². The first-order chi connectivity index (χ1) is 13.9. The van der Waals surface area contributed by atoms with E-state index in [0.717, 1.165) is 17.3 Å². The summed E-state index contributed by atoms with van der Waals surface area (Å²) in [5.41, 5.74) is 0.892. The molecular formula is C20H20N2O6S. The summed E-state index contributed by atoms with van der Waals surface area (Å²) in [4.78, 5) is 48.2. The standard InChI is InChI=1S/C20H20N2O6S/c1-12(28-11-23)17-14-9-15(18(20(26)27)22(14)19(17)25)29-8-7-16(24)21-10-13-5-3-2-4-6-13/h2-8,11-12,14,17H,9-10H2,1H3,(H,21,24)(H,26,27)/t12-,14-,17-/m1/s1. The van der Waals surface area contributed by atoms with Gasteiger partial charge in [0.2, 0.25) is 11.8 Å². The summed E-state index contributed by atoms with van der Waals surface area (Å²) in [6.45, 7) is 2.28. The number of thioether (sulfide) groups is 1. The highest BCUT2D eigenvalue weighted by Crippen LogP contribution is 2.47. The molecule has 0 aromatic heterocycles. The van der Waals surface area contributed by atoms with Crippen LogP contribution in [0, 0.1) is 5.92 Å². The summed E-state index contributed by atoms with van der Waals surface area (Å²) < 4.78 is 4.86. The summed E-state index contributed by atoms with van der Waals surface area (Å²) in [5.74, 6) is -2.44. The number of nitrogens with zero attached hydrogens (tertiary/aromatic N) is 1. The lowest BCUT2D eigenvalue weighted by Crippen LogP contribution is -2.62. The molecule has 9 heteroatoms. The maximum atomic E-state index is 12.4. The number of ether oxygens (including phenoxy) is 1. The van der Waals surface area contributed by atoms with Gasteiger partial charge in [0.05, 0.1) is 12.0 Å². The first kappa shape index (κ1) is 20.7. The van der Waals surface area contributed by atoms with E-state index in [9.17, 15) is 24.3 Å². The van der Waals surface area contributed by atoms with E-state index < -0.39 is 18.0 Å². The smallest absolute Gasteiger partial charge is 0.353 e. The first-order valence-corrected chi connectivity index (χ1v) is 9.85. The summed E-state index contributed by atoms with van der Waals surface area (Å²) >= 11 is 1.10. The predicted octanol–water partition coefficient (Wildman–Crippen LogP) is 1.64. The highest BCUT2D eigenvalue weighted by atomic mass is 32.2. The Bertz CT molecular complexity index is 882. The molecule has 0 bridgehead atoms. The van der Waals surface area contributed by atoms with Crippen molar-refractivity contribution in [3.8, 4) is 0 Å². The van der Waals surface area contributed by atoms with Crippen molar-refractivity contribution in [1.82, 2.24) is 10.2 Å². The molecule has 2 heterocycles. The Labute approximate surface area is 171 Å². The number of benzene rings is 1. The number of hydrogen-bond donors (Lipinski definition) is 2. The van der Waals surface area contributed by atoms with Crippen LogP contribution in [0.1, 0.15) is 18.9 Å². The van der Waals surface area contributed by atoms with Crippen molar-refractivity contribution >= 4 is 36.0 Å². The Morgan fingerprint density at radius 2 is 2.10 bits per heavy atom. The van der Waals surface area contributed by atoms with Crippen LogP contribution in [0.3, 0.4) is 0 Å². The fraction of sp³-hybridized carbons (Fsp3) is 0.300. The number of fused-ring (bicyclic) bond motifs is 1. The van der Waals surface area contributed by atoms with E-state index in [1.807, 2.05) is 30.3 Å². The lowest BCUT2D eigenvalue weighted by molar-refractivity contribution is -0.165. The quantitative estimate of drug-likeness (QED) is 0.357. The summed E-state index contributed by atoms with van der Waals surface area (Å²) in [7, 11) is 0. The van der Waals surface area contributed by atoms with Gasteiger partial charge >= 0.3 is 5.97 Å². The van der Waals surface area contributed by atoms with E-state index in [4.69, 9.17) is 4.74 Å². The van der Waals surface area contributed by atoms with Crippen LogP contribution in [0.5, 0.6) is 0 Å². The van der Waals surface area contributed by atoms with Crippen LogP contribution in [0.25, 0.3) is 0 Å². The Balaban J connectivity index is 1.60. The number of carbonyl (C=O) groups excluding carboxylic acids is 3. The molecule has 1 saturated heterocycles. The van der Waals surface area contributed by atoms with E-state index in [-0.39, 0.29) is 30.0 Å². The third-order valence-electron chi connectivity index (χ3n) is 4.89. The number of carboxylic acids is 1. The van der Waals surface area contributed by atoms with Gasteiger partial charge in [-0.1, -0.05) is 42.1 Å². The highest BCUT2D eigenvalue weighted by Gasteiger charge is 2.57. The zero-order valence-electron chi connectivity index (χ0n) is 15.6. The summed E-state index contributed by atoms with van der Waals surface area (Å²) in [6.07, 6.45) is 1.04. The van der Waals surface area contributed by atoms with Gasteiger partial charge < -0.3 is 20.1 Å². The molecular weight excluding hydrogens is 396 g/mol. The van der Waals surface area contributed by atoms with Crippen LogP contribution in [0.4, 0.5) is 0 Å². The number of carboxylic acid groups (broad SMARTS) is 1. The number of amides is 2. The third kappa shape index (κ3) is 4.34. The molecule has 1 aromatic carbocycles. The molecule has 8 nitrogen and oxygen atoms in total. The third-order valence-corrected chi connectivity index (χ3v) is 5.80. The van der Waals surface area contributed by atoms with Crippen molar-refractivity contribution in [1.29, 1.82) is 0 Å². The Hall–Kier alpha value is -3.07. The van der Waals surface area contributed by atoms with Crippen molar-refractivity contribution in [2.45, 2.75) is 32.0 Å². The van der Waals surface area contributed by atoms with Crippen LogP contribution < -0.4 is 5.32 Å². The molecule has 0 saturated carbocycles. The molecule has 0 spiro atoms. The van der Waals surface area contributed by atoms with Gasteiger partial charge in [-0.15, -0.1) is 0 Å². The molecule has 2 amide bonds. The minimum absolute atomic E-state index is 0.0751. The molecule has 2 N–H and O–H groups in total. The maximum absolute atomic E-state index is 12.4. The number of nitrogens with one attached hydrogen (secondary N) is 1. The van der Waals surface area contributed by atoms with Crippen LogP contribution in [-0.2, 0) is 30.5 Å². The van der Waals surface area contributed by atoms with E-state index >= 15 is 0 Å². The Kier molecular flexibility index (Phi) is 6.38. The zero-order valence-corrected chi connectivity index (χ0v) is 16.4. The number of aliphatic carboxylic acids is 1. The monoisotopic (exact) mass is 416 g/mol. The SMILES string of the molecule is C[C@@H](OC=O)[C@H]1C(=O)N2C(C(=O)O)=C(SC=CC(=O)NCc3ccccc3)C[C@H]12. The largest absolute Gasteiger partial charge is 0.477 e. The van der Waals surface area contributed by atoms with Gasteiger partial charge in [-0.2, -0.15) is 0 Å². The lowest BCUT2D eigenvalue weighted by atomic mass is 9.83. The van der Waals surface area contributed by atoms with Crippen molar-refractivity contribution in [2.24, 2.45) is 5.92 Å². The molecule has 1 aromatic rings. The van der Waals surface area contributed by atoms with E-state index in [0.29, 0.717) is 17.9 Å². The minimum atomic E-state index is -1.20. The number of rotatable bonds is 9. The van der Waals surface area contributed by atoms with Gasteiger partial charge in [0.25, 0.3) is 6.47 Å². The van der Waals surface area contributed by atoms with Crippen LogP contribution in [0.15, 0.2) is 52.4 Å². The second kappa shape index (κ2) is 8.95. The van der Waals surface area contributed by atoms with Gasteiger partial charge in [-0.05, 0) is 17.9 Å². The molecule has 1 fully saturated rings. The molecule has 3 atom stereocenters. The van der Waals surface area contributed by atoms with Crippen LogP contribution in [-0.4, -0.2) is 46.4 Å². The van der Waals surface area contributed by atoms with Crippen molar-refractivity contribution < 1.29 is 29.0 Å². The Morgan fingerprint density at radius 3 is 2.76 bits per heavy atom. The van der Waals surface area contributed by atoms with Gasteiger partial charge in [0, 0.05) is 23.9 Å². The fourth-order valence-electron chi connectivity index (χ4n) is 3.52. The maximum Gasteiger partial charge on any atom is 0.353 e. The molecule has 0 radical (unpaired) electrons. The Morgan fingerprint density at radius 1 is 1.38 bits per heavy atom. The molecule has 0 aliphatic carbocycles. The summed E-state index contributed by atoms with van der Waals surface area (Å²) in [6, 6.07) is 9.09. The van der Waals surface area contributed by atoms with Gasteiger partial charge in [0.1, 0.15) is 11.8 Å². The molecule has 2 aliphatic heterocycles.